The van der Waals surface area contributed by atoms with E-state index in [-0.39, 0.29) is 23.9 Å². The van der Waals surface area contributed by atoms with Crippen LogP contribution in [0.1, 0.15) is 32.8 Å². The maximum Gasteiger partial charge on any atom is 0.310 e. The van der Waals surface area contributed by atoms with Crippen LogP contribution in [0, 0.1) is 11.3 Å². The van der Waals surface area contributed by atoms with E-state index in [1.54, 1.807) is 6.07 Å². The predicted molar refractivity (Wildman–Crippen MR) is 77.9 cm³/mol. The maximum atomic E-state index is 12.0. The van der Waals surface area contributed by atoms with Gasteiger partial charge < -0.3 is 10.5 Å². The number of benzene rings is 1. The molecule has 106 valence electrons. The van der Waals surface area contributed by atoms with E-state index in [0.717, 1.165) is 5.56 Å². The van der Waals surface area contributed by atoms with Crippen molar-refractivity contribution in [1.82, 2.24) is 0 Å². The lowest BCUT2D eigenvalue weighted by molar-refractivity contribution is -0.150. The quantitative estimate of drug-likeness (QED) is 0.843. The zero-order chi connectivity index (χ0) is 14.5. The molecule has 0 fully saturated rings. The standard InChI is InChI=1S/C15H22ClNO2/c1-15(2,3)8-12(9-17)14(18)19-10-11-6-4-5-7-13(11)16/h4-7,12H,8-10,17H2,1-3H3. The molecule has 1 unspecified atom stereocenters. The lowest BCUT2D eigenvalue weighted by Crippen LogP contribution is -2.29. The first-order valence-corrected chi connectivity index (χ1v) is 6.81. The third kappa shape index (κ3) is 5.62. The highest BCUT2D eigenvalue weighted by Crippen LogP contribution is 2.25. The van der Waals surface area contributed by atoms with E-state index in [1.807, 2.05) is 18.2 Å². The van der Waals surface area contributed by atoms with Gasteiger partial charge in [0.05, 0.1) is 5.92 Å². The van der Waals surface area contributed by atoms with Crippen molar-refractivity contribution in [2.75, 3.05) is 6.54 Å². The van der Waals surface area contributed by atoms with Crippen molar-refractivity contribution in [3.63, 3.8) is 0 Å². The fourth-order valence-corrected chi connectivity index (χ4v) is 2.07. The molecule has 0 bridgehead atoms. The van der Waals surface area contributed by atoms with Gasteiger partial charge in [-0.05, 0) is 17.9 Å². The summed E-state index contributed by atoms with van der Waals surface area (Å²) in [6.07, 6.45) is 0.713. The van der Waals surface area contributed by atoms with Crippen LogP contribution < -0.4 is 5.73 Å². The Morgan fingerprint density at radius 3 is 2.53 bits per heavy atom. The molecule has 1 aromatic carbocycles. The average Bonchev–Trinajstić information content (AvgIpc) is 2.33. The fraction of sp³-hybridized carbons (Fsp3) is 0.533. The highest BCUT2D eigenvalue weighted by atomic mass is 35.5. The van der Waals surface area contributed by atoms with Crippen LogP contribution >= 0.6 is 11.6 Å². The van der Waals surface area contributed by atoms with Crippen molar-refractivity contribution in [3.05, 3.63) is 34.9 Å². The van der Waals surface area contributed by atoms with E-state index < -0.39 is 0 Å². The maximum absolute atomic E-state index is 12.0. The summed E-state index contributed by atoms with van der Waals surface area (Å²) in [7, 11) is 0. The minimum Gasteiger partial charge on any atom is -0.461 e. The van der Waals surface area contributed by atoms with Crippen LogP contribution in [0.3, 0.4) is 0 Å². The molecule has 1 atom stereocenters. The number of halogens is 1. The topological polar surface area (TPSA) is 52.3 Å². The van der Waals surface area contributed by atoms with Crippen LogP contribution in [0.5, 0.6) is 0 Å². The van der Waals surface area contributed by atoms with Gasteiger partial charge in [-0.15, -0.1) is 0 Å². The summed E-state index contributed by atoms with van der Waals surface area (Å²) >= 11 is 6.01. The third-order valence-electron chi connectivity index (χ3n) is 2.80. The van der Waals surface area contributed by atoms with Gasteiger partial charge in [0.2, 0.25) is 0 Å². The number of carbonyl (C=O) groups is 1. The van der Waals surface area contributed by atoms with Gasteiger partial charge in [-0.2, -0.15) is 0 Å². The Kier molecular flexibility index (Phi) is 5.83. The van der Waals surface area contributed by atoms with Crippen molar-refractivity contribution in [2.45, 2.75) is 33.8 Å². The van der Waals surface area contributed by atoms with Crippen LogP contribution in [-0.4, -0.2) is 12.5 Å². The number of rotatable bonds is 5. The number of ether oxygens (including phenoxy) is 1. The Morgan fingerprint density at radius 2 is 2.00 bits per heavy atom. The molecular weight excluding hydrogens is 262 g/mol. The molecule has 0 saturated carbocycles. The molecular formula is C15H22ClNO2. The summed E-state index contributed by atoms with van der Waals surface area (Å²) in [4.78, 5) is 12.0. The zero-order valence-corrected chi connectivity index (χ0v) is 12.5. The summed E-state index contributed by atoms with van der Waals surface area (Å²) < 4.78 is 5.30. The molecule has 3 nitrogen and oxygen atoms in total. The molecule has 0 radical (unpaired) electrons. The Bertz CT molecular complexity index is 426. The fourth-order valence-electron chi connectivity index (χ4n) is 1.88. The third-order valence-corrected chi connectivity index (χ3v) is 3.17. The van der Waals surface area contributed by atoms with Crippen molar-refractivity contribution in [1.29, 1.82) is 0 Å². The molecule has 2 N–H and O–H groups in total. The van der Waals surface area contributed by atoms with Gasteiger partial charge in [0.25, 0.3) is 0 Å². The molecule has 0 saturated heterocycles. The number of hydrogen-bond donors (Lipinski definition) is 1. The second-order valence-corrected chi connectivity index (χ2v) is 6.30. The van der Waals surface area contributed by atoms with Crippen molar-refractivity contribution >= 4 is 17.6 Å². The van der Waals surface area contributed by atoms with Crippen molar-refractivity contribution in [2.24, 2.45) is 17.1 Å². The smallest absolute Gasteiger partial charge is 0.310 e. The molecule has 0 aromatic heterocycles. The predicted octanol–water partition coefficient (Wildman–Crippen LogP) is 3.39. The van der Waals surface area contributed by atoms with Gasteiger partial charge in [-0.3, -0.25) is 4.79 Å². The van der Waals surface area contributed by atoms with Gasteiger partial charge in [-0.25, -0.2) is 0 Å². The molecule has 1 rings (SSSR count). The second kappa shape index (κ2) is 6.92. The van der Waals surface area contributed by atoms with E-state index in [1.165, 1.54) is 0 Å². The van der Waals surface area contributed by atoms with Crippen LogP contribution in [0.15, 0.2) is 24.3 Å². The van der Waals surface area contributed by atoms with Gasteiger partial charge in [-0.1, -0.05) is 50.6 Å². The molecule has 0 heterocycles. The summed E-state index contributed by atoms with van der Waals surface area (Å²) in [6, 6.07) is 7.33. The number of hydrogen-bond acceptors (Lipinski definition) is 3. The van der Waals surface area contributed by atoms with Gasteiger partial charge in [0, 0.05) is 17.1 Å². The number of carbonyl (C=O) groups excluding carboxylic acids is 1. The van der Waals surface area contributed by atoms with Gasteiger partial charge in [0.15, 0.2) is 0 Å². The normalized spacial score (nSPS) is 13.1. The second-order valence-electron chi connectivity index (χ2n) is 5.90. The molecule has 0 amide bonds. The van der Waals surface area contributed by atoms with Crippen molar-refractivity contribution < 1.29 is 9.53 Å². The number of nitrogens with two attached hydrogens (primary N) is 1. The average molecular weight is 284 g/mol. The van der Waals surface area contributed by atoms with Crippen molar-refractivity contribution in [3.8, 4) is 0 Å². The molecule has 0 aliphatic carbocycles. The molecule has 0 aliphatic heterocycles. The minimum absolute atomic E-state index is 0.0491. The lowest BCUT2D eigenvalue weighted by Gasteiger charge is -2.23. The molecule has 1 aromatic rings. The Balaban J connectivity index is 2.57. The minimum atomic E-state index is -0.262. The van der Waals surface area contributed by atoms with E-state index in [0.29, 0.717) is 18.0 Å². The van der Waals surface area contributed by atoms with E-state index in [4.69, 9.17) is 22.1 Å². The largest absolute Gasteiger partial charge is 0.461 e. The van der Waals surface area contributed by atoms with E-state index in [9.17, 15) is 4.79 Å². The van der Waals surface area contributed by atoms with Crippen LogP contribution in [0.4, 0.5) is 0 Å². The summed E-state index contributed by atoms with van der Waals surface area (Å²) in [6.45, 7) is 6.74. The first-order chi connectivity index (χ1) is 8.83. The summed E-state index contributed by atoms with van der Waals surface area (Å²) in [5.74, 6) is -0.514. The Labute approximate surface area is 120 Å². The molecule has 0 aliphatic rings. The Hall–Kier alpha value is -1.06. The zero-order valence-electron chi connectivity index (χ0n) is 11.8. The van der Waals surface area contributed by atoms with Gasteiger partial charge in [0.1, 0.15) is 6.61 Å². The first-order valence-electron chi connectivity index (χ1n) is 6.43. The number of esters is 1. The van der Waals surface area contributed by atoms with E-state index >= 15 is 0 Å². The van der Waals surface area contributed by atoms with Crippen LogP contribution in [0.2, 0.25) is 5.02 Å². The van der Waals surface area contributed by atoms with Crippen LogP contribution in [0.25, 0.3) is 0 Å². The SMILES string of the molecule is CC(C)(C)CC(CN)C(=O)OCc1ccccc1Cl. The first kappa shape index (κ1) is 16.0. The highest BCUT2D eigenvalue weighted by molar-refractivity contribution is 6.31. The molecule has 0 spiro atoms. The molecule has 19 heavy (non-hydrogen) atoms. The highest BCUT2D eigenvalue weighted by Gasteiger charge is 2.25. The molecule has 4 heteroatoms. The summed E-state index contributed by atoms with van der Waals surface area (Å²) in [5, 5.41) is 0.607. The summed E-state index contributed by atoms with van der Waals surface area (Å²) in [5.41, 5.74) is 6.51. The monoisotopic (exact) mass is 283 g/mol. The van der Waals surface area contributed by atoms with Crippen LogP contribution in [-0.2, 0) is 16.1 Å². The van der Waals surface area contributed by atoms with E-state index in [2.05, 4.69) is 20.8 Å². The Morgan fingerprint density at radius 1 is 1.37 bits per heavy atom. The lowest BCUT2D eigenvalue weighted by atomic mass is 9.85. The van der Waals surface area contributed by atoms with Gasteiger partial charge >= 0.3 is 5.97 Å².